The van der Waals surface area contributed by atoms with E-state index in [0.29, 0.717) is 31.3 Å². The number of carbonyl (C=O) groups excluding carboxylic acids is 1. The molecule has 1 aliphatic rings. The number of anilines is 1. The number of aromatic nitrogens is 2. The largest absolute Gasteiger partial charge is 0.368 e. The molecule has 0 atom stereocenters. The minimum Gasteiger partial charge on any atom is -0.368 e. The van der Waals surface area contributed by atoms with Gasteiger partial charge in [-0.05, 0) is 18.6 Å². The smallest absolute Gasteiger partial charge is 0.269 e. The Kier molecular flexibility index (Phi) is 6.86. The highest BCUT2D eigenvalue weighted by molar-refractivity contribution is 7.99. The number of nitrogens with one attached hydrogen (secondary N) is 1. The van der Waals surface area contributed by atoms with Gasteiger partial charge in [0.1, 0.15) is 0 Å². The number of nitro benzene ring substituents is 1. The maximum atomic E-state index is 12.5. The first-order valence-corrected chi connectivity index (χ1v) is 10.4. The fourth-order valence-electron chi connectivity index (χ4n) is 3.16. The van der Waals surface area contributed by atoms with Gasteiger partial charge in [0.2, 0.25) is 5.91 Å². The molecule has 0 bridgehead atoms. The van der Waals surface area contributed by atoms with Crippen LogP contribution in [-0.2, 0) is 11.2 Å². The lowest BCUT2D eigenvalue weighted by Crippen LogP contribution is -2.49. The summed E-state index contributed by atoms with van der Waals surface area (Å²) in [6.45, 7) is 4.51. The third-order valence-corrected chi connectivity index (χ3v) is 5.53. The first-order chi connectivity index (χ1) is 14.0. The number of nitrogens with zero attached hydrogens (tertiary/aromatic N) is 4. The molecule has 2 aromatic rings. The van der Waals surface area contributed by atoms with Gasteiger partial charge in [-0.2, -0.15) is 0 Å². The van der Waals surface area contributed by atoms with Crippen molar-refractivity contribution in [3.05, 3.63) is 56.5 Å². The van der Waals surface area contributed by atoms with Crippen LogP contribution in [0.25, 0.3) is 0 Å². The van der Waals surface area contributed by atoms with Gasteiger partial charge in [0.15, 0.2) is 5.16 Å². The van der Waals surface area contributed by atoms with Gasteiger partial charge < -0.3 is 14.8 Å². The number of thioether (sulfide) groups is 1. The fourth-order valence-corrected chi connectivity index (χ4v) is 3.95. The van der Waals surface area contributed by atoms with Crippen LogP contribution < -0.4 is 10.5 Å². The number of piperazine rings is 1. The van der Waals surface area contributed by atoms with Crippen LogP contribution in [0.3, 0.4) is 0 Å². The van der Waals surface area contributed by atoms with Crippen LogP contribution in [-0.4, -0.2) is 57.6 Å². The Labute approximate surface area is 172 Å². The predicted octanol–water partition coefficient (Wildman–Crippen LogP) is 2.07. The molecule has 2 heterocycles. The first kappa shape index (κ1) is 20.8. The topological polar surface area (TPSA) is 112 Å². The van der Waals surface area contributed by atoms with Crippen LogP contribution in [0.15, 0.2) is 40.3 Å². The van der Waals surface area contributed by atoms with Crippen molar-refractivity contribution in [2.24, 2.45) is 0 Å². The highest BCUT2D eigenvalue weighted by Gasteiger charge is 2.22. The van der Waals surface area contributed by atoms with E-state index < -0.39 is 4.92 Å². The number of non-ortho nitro benzene ring substituents is 1. The molecule has 9 nitrogen and oxygen atoms in total. The van der Waals surface area contributed by atoms with E-state index >= 15 is 0 Å². The summed E-state index contributed by atoms with van der Waals surface area (Å²) in [6, 6.07) is 7.94. The van der Waals surface area contributed by atoms with E-state index in [4.69, 9.17) is 0 Å². The Balaban J connectivity index is 1.51. The summed E-state index contributed by atoms with van der Waals surface area (Å²) < 4.78 is 0. The number of H-pyrrole nitrogens is 1. The number of hydrogen-bond donors (Lipinski definition) is 1. The summed E-state index contributed by atoms with van der Waals surface area (Å²) in [6.07, 6.45) is 1.63. The summed E-state index contributed by atoms with van der Waals surface area (Å²) in [5, 5.41) is 11.2. The van der Waals surface area contributed by atoms with Gasteiger partial charge in [0.25, 0.3) is 11.2 Å². The molecule has 0 unspecified atom stereocenters. The third kappa shape index (κ3) is 5.57. The molecular formula is C19H23N5O4S. The second kappa shape index (κ2) is 9.55. The summed E-state index contributed by atoms with van der Waals surface area (Å²) in [5.74, 6) is 0.220. The molecule has 1 aliphatic heterocycles. The Bertz CT molecular complexity index is 923. The lowest BCUT2D eigenvalue weighted by Gasteiger charge is -2.36. The summed E-state index contributed by atoms with van der Waals surface area (Å²) >= 11 is 1.24. The lowest BCUT2D eigenvalue weighted by molar-refractivity contribution is -0.384. The van der Waals surface area contributed by atoms with Crippen molar-refractivity contribution in [1.82, 2.24) is 14.9 Å². The van der Waals surface area contributed by atoms with Gasteiger partial charge >= 0.3 is 0 Å². The van der Waals surface area contributed by atoms with Crippen LogP contribution in [0.4, 0.5) is 11.4 Å². The van der Waals surface area contributed by atoms with E-state index in [2.05, 4.69) is 14.9 Å². The molecule has 3 rings (SSSR count). The Hall–Kier alpha value is -2.88. The van der Waals surface area contributed by atoms with E-state index in [-0.39, 0.29) is 22.9 Å². The quantitative estimate of drug-likeness (QED) is 0.318. The summed E-state index contributed by atoms with van der Waals surface area (Å²) in [5.41, 5.74) is 1.51. The van der Waals surface area contributed by atoms with Gasteiger partial charge in [-0.15, -0.1) is 0 Å². The average molecular weight is 417 g/mol. The van der Waals surface area contributed by atoms with E-state index in [1.54, 1.807) is 17.0 Å². The van der Waals surface area contributed by atoms with Crippen molar-refractivity contribution in [2.45, 2.75) is 24.9 Å². The van der Waals surface area contributed by atoms with Crippen molar-refractivity contribution in [1.29, 1.82) is 0 Å². The maximum absolute atomic E-state index is 12.5. The summed E-state index contributed by atoms with van der Waals surface area (Å²) in [4.78, 5) is 45.5. The van der Waals surface area contributed by atoms with Crippen molar-refractivity contribution >= 4 is 29.0 Å². The van der Waals surface area contributed by atoms with Gasteiger partial charge in [-0.3, -0.25) is 19.7 Å². The maximum Gasteiger partial charge on any atom is 0.269 e. The number of aromatic amines is 1. The van der Waals surface area contributed by atoms with Crippen molar-refractivity contribution < 1.29 is 9.72 Å². The minimum absolute atomic E-state index is 0.00175. The van der Waals surface area contributed by atoms with Crippen LogP contribution in [0.5, 0.6) is 0 Å². The average Bonchev–Trinajstić information content (AvgIpc) is 2.72. The van der Waals surface area contributed by atoms with Crippen LogP contribution in [0.1, 0.15) is 19.0 Å². The lowest BCUT2D eigenvalue weighted by atomic mass is 10.2. The minimum atomic E-state index is -0.419. The molecule has 1 saturated heterocycles. The normalized spacial score (nSPS) is 14.1. The van der Waals surface area contributed by atoms with Crippen LogP contribution in [0, 0.1) is 10.1 Å². The molecule has 29 heavy (non-hydrogen) atoms. The van der Waals surface area contributed by atoms with Crippen molar-refractivity contribution in [2.75, 3.05) is 36.8 Å². The monoisotopic (exact) mass is 417 g/mol. The molecule has 0 saturated carbocycles. The second-order valence-corrected chi connectivity index (χ2v) is 7.69. The Morgan fingerprint density at radius 1 is 1.24 bits per heavy atom. The number of rotatable bonds is 7. The highest BCUT2D eigenvalue weighted by atomic mass is 32.2. The zero-order chi connectivity index (χ0) is 20.8. The number of amides is 1. The molecule has 0 spiro atoms. The molecule has 154 valence electrons. The van der Waals surface area contributed by atoms with E-state index in [1.807, 2.05) is 6.92 Å². The zero-order valence-corrected chi connectivity index (χ0v) is 17.0. The van der Waals surface area contributed by atoms with E-state index in [9.17, 15) is 19.7 Å². The van der Waals surface area contributed by atoms with Crippen LogP contribution in [0.2, 0.25) is 0 Å². The van der Waals surface area contributed by atoms with Gasteiger partial charge in [0.05, 0.1) is 10.7 Å². The summed E-state index contributed by atoms with van der Waals surface area (Å²) in [7, 11) is 0. The second-order valence-electron chi connectivity index (χ2n) is 6.72. The highest BCUT2D eigenvalue weighted by Crippen LogP contribution is 2.21. The first-order valence-electron chi connectivity index (χ1n) is 9.46. The molecule has 1 aromatic carbocycles. The van der Waals surface area contributed by atoms with Crippen LogP contribution >= 0.6 is 11.8 Å². The molecule has 1 amide bonds. The SMILES string of the molecule is CCCc1cc(=O)[nH]c(SCC(=O)N2CCN(c3ccc([N+](=O)[O-])cc3)CC2)n1. The van der Waals surface area contributed by atoms with Crippen molar-refractivity contribution in [3.8, 4) is 0 Å². The molecule has 10 heteroatoms. The Morgan fingerprint density at radius 2 is 1.93 bits per heavy atom. The number of nitro groups is 1. The third-order valence-electron chi connectivity index (χ3n) is 4.67. The van der Waals surface area contributed by atoms with E-state index in [0.717, 1.165) is 24.2 Å². The number of aryl methyl sites for hydroxylation is 1. The number of benzene rings is 1. The van der Waals surface area contributed by atoms with Crippen molar-refractivity contribution in [3.63, 3.8) is 0 Å². The number of hydrogen-bond acceptors (Lipinski definition) is 7. The predicted molar refractivity (Wildman–Crippen MR) is 111 cm³/mol. The molecular weight excluding hydrogens is 394 g/mol. The number of carbonyl (C=O) groups is 1. The zero-order valence-electron chi connectivity index (χ0n) is 16.2. The standard InChI is InChI=1S/C19H23N5O4S/c1-2-3-14-12-17(25)21-19(20-14)29-13-18(26)23-10-8-22(9-11-23)15-4-6-16(7-5-15)24(27)28/h4-7,12H,2-3,8-11,13H2,1H3,(H,20,21,25). The van der Waals surface area contributed by atoms with Gasteiger partial charge in [-0.1, -0.05) is 25.1 Å². The Morgan fingerprint density at radius 3 is 2.55 bits per heavy atom. The fraction of sp³-hybridized carbons (Fsp3) is 0.421. The van der Waals surface area contributed by atoms with E-state index in [1.165, 1.54) is 30.0 Å². The van der Waals surface area contributed by atoms with Gasteiger partial charge in [-0.25, -0.2) is 4.98 Å². The molecule has 0 radical (unpaired) electrons. The molecule has 0 aliphatic carbocycles. The molecule has 1 N–H and O–H groups in total. The molecule has 1 aromatic heterocycles. The van der Waals surface area contributed by atoms with Gasteiger partial charge in [0, 0.05) is 55.8 Å². The molecule has 1 fully saturated rings.